The van der Waals surface area contributed by atoms with Gasteiger partial charge in [-0.25, -0.2) is 0 Å². The molecule has 0 unspecified atom stereocenters. The first kappa shape index (κ1) is 12.7. The van der Waals surface area contributed by atoms with Gasteiger partial charge in [-0.2, -0.15) is 0 Å². The lowest BCUT2D eigenvalue weighted by atomic mass is 10.3. The molecule has 0 bridgehead atoms. The van der Waals surface area contributed by atoms with E-state index in [9.17, 15) is 0 Å². The Hall–Kier alpha value is -1.71. The first-order valence-corrected chi connectivity index (χ1v) is 6.37. The zero-order valence-electron chi connectivity index (χ0n) is 11.1. The van der Waals surface area contributed by atoms with Gasteiger partial charge in [0, 0.05) is 6.54 Å². The molecule has 0 amide bonds. The van der Waals surface area contributed by atoms with Crippen molar-refractivity contribution in [3.8, 4) is 11.5 Å². The minimum atomic E-state index is -0.0792. The quantitative estimate of drug-likeness (QED) is 0.869. The summed E-state index contributed by atoms with van der Waals surface area (Å²) in [6, 6.07) is 7.73. The lowest BCUT2D eigenvalue weighted by Crippen LogP contribution is -2.33. The van der Waals surface area contributed by atoms with Crippen LogP contribution in [0.1, 0.15) is 20.8 Å². The summed E-state index contributed by atoms with van der Waals surface area (Å²) in [7, 11) is 0. The van der Waals surface area contributed by atoms with Crippen molar-refractivity contribution in [2.24, 2.45) is 4.99 Å². The van der Waals surface area contributed by atoms with E-state index in [0.717, 1.165) is 30.4 Å². The van der Waals surface area contributed by atoms with Crippen LogP contribution in [-0.2, 0) is 0 Å². The Kier molecular flexibility index (Phi) is 4.07. The second-order valence-electron chi connectivity index (χ2n) is 4.57. The van der Waals surface area contributed by atoms with Crippen LogP contribution in [0.3, 0.4) is 0 Å². The fourth-order valence-corrected chi connectivity index (χ4v) is 1.83. The molecule has 98 valence electrons. The Bertz CT molecular complexity index is 430. The van der Waals surface area contributed by atoms with Crippen molar-refractivity contribution in [3.05, 3.63) is 24.3 Å². The molecule has 1 N–H and O–H groups in total. The van der Waals surface area contributed by atoms with Crippen molar-refractivity contribution < 1.29 is 9.47 Å². The second-order valence-corrected chi connectivity index (χ2v) is 4.57. The van der Waals surface area contributed by atoms with Crippen LogP contribution in [0.2, 0.25) is 0 Å². The van der Waals surface area contributed by atoms with E-state index >= 15 is 0 Å². The lowest BCUT2D eigenvalue weighted by Gasteiger charge is -2.19. The minimum absolute atomic E-state index is 0.0792. The maximum absolute atomic E-state index is 5.91. The summed E-state index contributed by atoms with van der Waals surface area (Å²) in [6.07, 6.45) is 0.0522. The fourth-order valence-electron chi connectivity index (χ4n) is 1.83. The highest BCUT2D eigenvalue weighted by Gasteiger charge is 2.17. The SMILES string of the molecule is CC(C)Oc1ccccc1O[C@@H](C)C1=NCCN1. The Morgan fingerprint density at radius 3 is 2.33 bits per heavy atom. The van der Waals surface area contributed by atoms with Gasteiger partial charge in [0.05, 0.1) is 12.6 Å². The summed E-state index contributed by atoms with van der Waals surface area (Å²) in [4.78, 5) is 4.36. The molecule has 4 heteroatoms. The standard InChI is InChI=1S/C14H20N2O2/c1-10(2)17-12-6-4-5-7-13(12)18-11(3)14-15-8-9-16-14/h4-7,10-11H,8-9H2,1-3H3,(H,15,16)/t11-/m0/s1. The molecule has 0 saturated carbocycles. The van der Waals surface area contributed by atoms with E-state index in [0.29, 0.717) is 0 Å². The molecule has 0 radical (unpaired) electrons. The van der Waals surface area contributed by atoms with Crippen LogP contribution in [0.4, 0.5) is 0 Å². The van der Waals surface area contributed by atoms with Crippen molar-refractivity contribution in [1.29, 1.82) is 0 Å². The highest BCUT2D eigenvalue weighted by Crippen LogP contribution is 2.28. The molecule has 1 aromatic rings. The molecule has 0 spiro atoms. The van der Waals surface area contributed by atoms with E-state index in [-0.39, 0.29) is 12.2 Å². The van der Waals surface area contributed by atoms with E-state index in [4.69, 9.17) is 9.47 Å². The Balaban J connectivity index is 2.08. The van der Waals surface area contributed by atoms with E-state index in [1.807, 2.05) is 45.0 Å². The number of ether oxygens (including phenoxy) is 2. The molecule has 0 aliphatic carbocycles. The average Bonchev–Trinajstić information content (AvgIpc) is 2.84. The Labute approximate surface area is 108 Å². The minimum Gasteiger partial charge on any atom is -0.487 e. The lowest BCUT2D eigenvalue weighted by molar-refractivity contribution is 0.213. The van der Waals surface area contributed by atoms with Crippen LogP contribution >= 0.6 is 0 Å². The highest BCUT2D eigenvalue weighted by molar-refractivity contribution is 5.87. The Morgan fingerprint density at radius 2 is 1.78 bits per heavy atom. The predicted octanol–water partition coefficient (Wildman–Crippen LogP) is 2.24. The largest absolute Gasteiger partial charge is 0.487 e. The van der Waals surface area contributed by atoms with Gasteiger partial charge < -0.3 is 14.8 Å². The average molecular weight is 248 g/mol. The number of aliphatic imine (C=N–C) groups is 1. The van der Waals surface area contributed by atoms with Crippen molar-refractivity contribution in [1.82, 2.24) is 5.32 Å². The van der Waals surface area contributed by atoms with Crippen molar-refractivity contribution in [2.45, 2.75) is 33.0 Å². The molecule has 1 aliphatic heterocycles. The first-order chi connectivity index (χ1) is 8.66. The van der Waals surface area contributed by atoms with Crippen molar-refractivity contribution in [2.75, 3.05) is 13.1 Å². The van der Waals surface area contributed by atoms with Crippen LogP contribution in [-0.4, -0.2) is 31.1 Å². The van der Waals surface area contributed by atoms with Gasteiger partial charge in [-0.15, -0.1) is 0 Å². The van der Waals surface area contributed by atoms with E-state index < -0.39 is 0 Å². The monoisotopic (exact) mass is 248 g/mol. The van der Waals surface area contributed by atoms with Crippen LogP contribution in [0.15, 0.2) is 29.3 Å². The van der Waals surface area contributed by atoms with Crippen molar-refractivity contribution in [3.63, 3.8) is 0 Å². The molecule has 0 saturated heterocycles. The molecule has 1 heterocycles. The van der Waals surface area contributed by atoms with E-state index in [1.54, 1.807) is 0 Å². The van der Waals surface area contributed by atoms with Crippen LogP contribution in [0, 0.1) is 0 Å². The number of benzene rings is 1. The van der Waals surface area contributed by atoms with Gasteiger partial charge >= 0.3 is 0 Å². The van der Waals surface area contributed by atoms with Gasteiger partial charge in [0.1, 0.15) is 5.84 Å². The molecule has 1 aliphatic rings. The number of nitrogens with one attached hydrogen (secondary N) is 1. The maximum atomic E-state index is 5.91. The van der Waals surface area contributed by atoms with E-state index in [1.165, 1.54) is 0 Å². The third-order valence-corrected chi connectivity index (χ3v) is 2.60. The topological polar surface area (TPSA) is 42.9 Å². The maximum Gasteiger partial charge on any atom is 0.162 e. The summed E-state index contributed by atoms with van der Waals surface area (Å²) in [5.41, 5.74) is 0. The smallest absolute Gasteiger partial charge is 0.162 e. The summed E-state index contributed by atoms with van der Waals surface area (Å²) in [5, 5.41) is 3.22. The fraction of sp³-hybridized carbons (Fsp3) is 0.500. The zero-order valence-corrected chi connectivity index (χ0v) is 11.1. The summed E-state index contributed by atoms with van der Waals surface area (Å²) in [6.45, 7) is 7.72. The number of para-hydroxylation sites is 2. The number of nitrogens with zero attached hydrogens (tertiary/aromatic N) is 1. The van der Waals surface area contributed by atoms with Gasteiger partial charge in [0.2, 0.25) is 0 Å². The van der Waals surface area contributed by atoms with Gasteiger partial charge in [0.25, 0.3) is 0 Å². The number of hydrogen-bond acceptors (Lipinski definition) is 4. The summed E-state index contributed by atoms with van der Waals surface area (Å²) >= 11 is 0. The number of rotatable bonds is 5. The van der Waals surface area contributed by atoms with Crippen LogP contribution < -0.4 is 14.8 Å². The summed E-state index contributed by atoms with van der Waals surface area (Å²) < 4.78 is 11.6. The van der Waals surface area contributed by atoms with E-state index in [2.05, 4.69) is 10.3 Å². The highest BCUT2D eigenvalue weighted by atomic mass is 16.5. The van der Waals surface area contributed by atoms with Gasteiger partial charge in [-0.05, 0) is 32.9 Å². The molecule has 0 aromatic heterocycles. The molecule has 18 heavy (non-hydrogen) atoms. The van der Waals surface area contributed by atoms with Gasteiger partial charge in [-0.3, -0.25) is 4.99 Å². The molecule has 4 nitrogen and oxygen atoms in total. The third kappa shape index (κ3) is 3.15. The number of hydrogen-bond donors (Lipinski definition) is 1. The molecular weight excluding hydrogens is 228 g/mol. The van der Waals surface area contributed by atoms with Crippen LogP contribution in [0.5, 0.6) is 11.5 Å². The van der Waals surface area contributed by atoms with Crippen LogP contribution in [0.25, 0.3) is 0 Å². The number of amidine groups is 1. The first-order valence-electron chi connectivity index (χ1n) is 6.37. The molecular formula is C14H20N2O2. The van der Waals surface area contributed by atoms with Gasteiger partial charge in [0.15, 0.2) is 17.6 Å². The Morgan fingerprint density at radius 1 is 1.11 bits per heavy atom. The molecule has 1 atom stereocenters. The zero-order chi connectivity index (χ0) is 13.0. The molecule has 1 aromatic carbocycles. The molecule has 2 rings (SSSR count). The normalized spacial score (nSPS) is 16.1. The predicted molar refractivity (Wildman–Crippen MR) is 72.6 cm³/mol. The van der Waals surface area contributed by atoms with Crippen molar-refractivity contribution >= 4 is 5.84 Å². The summed E-state index contributed by atoms with van der Waals surface area (Å²) in [5.74, 6) is 2.45. The molecule has 0 fully saturated rings. The second kappa shape index (κ2) is 5.76. The van der Waals surface area contributed by atoms with Gasteiger partial charge in [-0.1, -0.05) is 12.1 Å². The third-order valence-electron chi connectivity index (χ3n) is 2.60.